The average Bonchev–Trinajstić information content (AvgIpc) is 2.39. The van der Waals surface area contributed by atoms with Crippen LogP contribution in [0.4, 0.5) is 0 Å². The van der Waals surface area contributed by atoms with E-state index in [0.717, 1.165) is 17.7 Å². The number of aromatic hydroxyl groups is 1. The molecule has 1 aromatic heterocycles. The highest BCUT2D eigenvalue weighted by atomic mass is 32.1. The Hall–Kier alpha value is -0.350. The molecule has 0 spiro atoms. The van der Waals surface area contributed by atoms with Crippen LogP contribution >= 0.6 is 23.6 Å². The second-order valence-corrected chi connectivity index (χ2v) is 4.87. The van der Waals surface area contributed by atoms with Crippen LogP contribution < -0.4 is 0 Å². The van der Waals surface area contributed by atoms with Crippen LogP contribution in [0.15, 0.2) is 0 Å². The molecular formula is C9H15NOS2. The van der Waals surface area contributed by atoms with Crippen molar-refractivity contribution in [1.82, 2.24) is 4.98 Å². The topological polar surface area (TPSA) is 36.0 Å². The summed E-state index contributed by atoms with van der Waals surface area (Å²) in [6, 6.07) is 0. The van der Waals surface area contributed by atoms with Crippen LogP contribution in [0.1, 0.15) is 37.5 Å². The molecule has 0 aliphatic carbocycles. The molecule has 0 atom stereocenters. The van der Waals surface area contributed by atoms with Gasteiger partial charge in [-0.3, -0.25) is 0 Å². The minimum atomic E-state index is 0.270. The Morgan fingerprint density at radius 1 is 1.38 bits per heavy atom. The number of thiazole rings is 1. The van der Waals surface area contributed by atoms with E-state index in [1.165, 1.54) is 30.6 Å². The average molecular weight is 217 g/mol. The van der Waals surface area contributed by atoms with E-state index in [1.54, 1.807) is 0 Å². The van der Waals surface area contributed by atoms with Gasteiger partial charge in [0.1, 0.15) is 0 Å². The Labute approximate surface area is 87.6 Å². The smallest absolute Gasteiger partial charge is 0.203 e. The normalized spacial score (nSPS) is 10.5. The predicted octanol–water partition coefficient (Wildman–Crippen LogP) is 3.63. The van der Waals surface area contributed by atoms with Gasteiger partial charge in [0.2, 0.25) is 5.88 Å². The molecule has 0 bridgehead atoms. The Balaban J connectivity index is 2.36. The summed E-state index contributed by atoms with van der Waals surface area (Å²) < 4.78 is 0.669. The van der Waals surface area contributed by atoms with Crippen LogP contribution in [0.2, 0.25) is 0 Å². The second kappa shape index (κ2) is 5.40. The van der Waals surface area contributed by atoms with Crippen molar-refractivity contribution in [1.29, 1.82) is 0 Å². The van der Waals surface area contributed by atoms with Gasteiger partial charge in [0.15, 0.2) is 3.95 Å². The van der Waals surface area contributed by atoms with E-state index < -0.39 is 0 Å². The van der Waals surface area contributed by atoms with Crippen molar-refractivity contribution in [3.63, 3.8) is 0 Å². The van der Waals surface area contributed by atoms with E-state index in [4.69, 9.17) is 12.2 Å². The number of H-pyrrole nitrogens is 1. The first kappa shape index (κ1) is 10.7. The summed E-state index contributed by atoms with van der Waals surface area (Å²) in [6.07, 6.45) is 5.85. The van der Waals surface area contributed by atoms with Crippen molar-refractivity contribution < 1.29 is 5.11 Å². The summed E-state index contributed by atoms with van der Waals surface area (Å²) in [5.74, 6) is 0.270. The molecule has 2 nitrogen and oxygen atoms in total. The van der Waals surface area contributed by atoms with E-state index in [-0.39, 0.29) is 5.88 Å². The quantitative estimate of drug-likeness (QED) is 0.583. The lowest BCUT2D eigenvalue weighted by Gasteiger charge is -1.97. The summed E-state index contributed by atoms with van der Waals surface area (Å²) in [5, 5.41) is 9.38. The highest BCUT2D eigenvalue weighted by molar-refractivity contribution is 7.73. The van der Waals surface area contributed by atoms with Gasteiger partial charge in [-0.2, -0.15) is 0 Å². The summed E-state index contributed by atoms with van der Waals surface area (Å²) in [5.41, 5.74) is 0. The molecule has 1 heterocycles. The van der Waals surface area contributed by atoms with Crippen molar-refractivity contribution in [3.8, 4) is 5.88 Å². The van der Waals surface area contributed by atoms with Crippen LogP contribution in [0.5, 0.6) is 5.88 Å². The first-order valence-corrected chi connectivity index (χ1v) is 5.87. The SMILES string of the molecule is CCCCCCc1sc(=S)[nH]c1O. The van der Waals surface area contributed by atoms with Gasteiger partial charge in [-0.05, 0) is 25.1 Å². The maximum absolute atomic E-state index is 9.38. The van der Waals surface area contributed by atoms with Gasteiger partial charge < -0.3 is 10.1 Å². The molecule has 4 heteroatoms. The molecule has 2 N–H and O–H groups in total. The maximum atomic E-state index is 9.38. The van der Waals surface area contributed by atoms with Crippen molar-refractivity contribution in [2.45, 2.75) is 39.0 Å². The third-order valence-electron chi connectivity index (χ3n) is 1.96. The predicted molar refractivity (Wildman–Crippen MR) is 59.0 cm³/mol. The molecule has 13 heavy (non-hydrogen) atoms. The lowest BCUT2D eigenvalue weighted by molar-refractivity contribution is 0.449. The fourth-order valence-corrected chi connectivity index (χ4v) is 2.40. The molecule has 0 saturated heterocycles. The van der Waals surface area contributed by atoms with Crippen LogP contribution in [0.3, 0.4) is 0 Å². The van der Waals surface area contributed by atoms with Gasteiger partial charge >= 0.3 is 0 Å². The monoisotopic (exact) mass is 217 g/mol. The van der Waals surface area contributed by atoms with Gasteiger partial charge in [0.05, 0.1) is 4.88 Å². The van der Waals surface area contributed by atoms with E-state index in [2.05, 4.69) is 11.9 Å². The van der Waals surface area contributed by atoms with Gasteiger partial charge in [-0.25, -0.2) is 0 Å². The van der Waals surface area contributed by atoms with E-state index in [9.17, 15) is 5.11 Å². The van der Waals surface area contributed by atoms with E-state index >= 15 is 0 Å². The first-order chi connectivity index (χ1) is 6.24. The molecule has 74 valence electrons. The van der Waals surface area contributed by atoms with Gasteiger partial charge in [0, 0.05) is 0 Å². The fraction of sp³-hybridized carbons (Fsp3) is 0.667. The Morgan fingerprint density at radius 2 is 2.15 bits per heavy atom. The van der Waals surface area contributed by atoms with Crippen molar-refractivity contribution in [3.05, 3.63) is 8.83 Å². The molecule has 0 radical (unpaired) electrons. The van der Waals surface area contributed by atoms with Crippen LogP contribution in [-0.4, -0.2) is 10.1 Å². The number of aryl methyl sites for hydroxylation is 1. The molecule has 1 rings (SSSR count). The maximum Gasteiger partial charge on any atom is 0.203 e. The van der Waals surface area contributed by atoms with E-state index in [1.807, 2.05) is 0 Å². The molecule has 0 unspecified atom stereocenters. The van der Waals surface area contributed by atoms with Crippen molar-refractivity contribution >= 4 is 23.6 Å². The number of nitrogens with one attached hydrogen (secondary N) is 1. The summed E-state index contributed by atoms with van der Waals surface area (Å²) >= 11 is 6.41. The zero-order chi connectivity index (χ0) is 9.68. The van der Waals surface area contributed by atoms with Gasteiger partial charge in [-0.15, -0.1) is 11.3 Å². The number of rotatable bonds is 5. The molecule has 0 aromatic carbocycles. The standard InChI is InChI=1S/C9H15NOS2/c1-2-3-4-5-6-7-8(11)10-9(12)13-7/h11H,2-6H2,1H3,(H,10,12). The fourth-order valence-electron chi connectivity index (χ4n) is 1.23. The summed E-state index contributed by atoms with van der Waals surface area (Å²) in [6.45, 7) is 2.19. The molecule has 0 amide bonds. The number of aromatic amines is 1. The van der Waals surface area contributed by atoms with Gasteiger partial charge in [-0.1, -0.05) is 26.2 Å². The number of unbranched alkanes of at least 4 members (excludes halogenated alkanes) is 3. The molecule has 0 aliphatic heterocycles. The second-order valence-electron chi connectivity index (χ2n) is 3.10. The van der Waals surface area contributed by atoms with Crippen LogP contribution in [-0.2, 0) is 6.42 Å². The molecule has 0 fully saturated rings. The molecule has 1 aromatic rings. The highest BCUT2D eigenvalue weighted by Crippen LogP contribution is 2.23. The first-order valence-electron chi connectivity index (χ1n) is 4.65. The van der Waals surface area contributed by atoms with Gasteiger partial charge in [0.25, 0.3) is 0 Å². The van der Waals surface area contributed by atoms with Crippen LogP contribution in [0.25, 0.3) is 0 Å². The largest absolute Gasteiger partial charge is 0.494 e. The zero-order valence-corrected chi connectivity index (χ0v) is 9.43. The van der Waals surface area contributed by atoms with Crippen LogP contribution in [0, 0.1) is 3.95 Å². The van der Waals surface area contributed by atoms with E-state index in [0.29, 0.717) is 3.95 Å². The lowest BCUT2D eigenvalue weighted by atomic mass is 10.1. The minimum absolute atomic E-state index is 0.270. The highest BCUT2D eigenvalue weighted by Gasteiger charge is 2.03. The third kappa shape index (κ3) is 3.48. The minimum Gasteiger partial charge on any atom is -0.494 e. The Kier molecular flexibility index (Phi) is 4.45. The van der Waals surface area contributed by atoms with Crippen molar-refractivity contribution in [2.75, 3.05) is 0 Å². The van der Waals surface area contributed by atoms with Crippen molar-refractivity contribution in [2.24, 2.45) is 0 Å². The Morgan fingerprint density at radius 3 is 2.69 bits per heavy atom. The lowest BCUT2D eigenvalue weighted by Crippen LogP contribution is -1.82. The molecular weight excluding hydrogens is 202 g/mol. The number of aromatic nitrogens is 1. The summed E-state index contributed by atoms with van der Waals surface area (Å²) in [4.78, 5) is 3.74. The number of hydrogen-bond acceptors (Lipinski definition) is 3. The summed E-state index contributed by atoms with van der Waals surface area (Å²) in [7, 11) is 0. The molecule has 0 saturated carbocycles. The third-order valence-corrected chi connectivity index (χ3v) is 3.24. The Bertz CT molecular complexity index is 303. The zero-order valence-electron chi connectivity index (χ0n) is 7.80. The number of hydrogen-bond donors (Lipinski definition) is 2. The molecule has 0 aliphatic rings.